The Hall–Kier alpha value is -2.39. The second-order valence-corrected chi connectivity index (χ2v) is 8.89. The van der Waals surface area contributed by atoms with Crippen LogP contribution in [0, 0.1) is 11.3 Å². The lowest BCUT2D eigenvalue weighted by atomic mass is 9.81. The second kappa shape index (κ2) is 9.40. The van der Waals surface area contributed by atoms with Crippen LogP contribution in [0.2, 0.25) is 0 Å². The van der Waals surface area contributed by atoms with Crippen molar-refractivity contribution >= 4 is 0 Å². The minimum Gasteiger partial charge on any atom is -0.494 e. The zero-order valence-corrected chi connectivity index (χ0v) is 18.1. The van der Waals surface area contributed by atoms with Gasteiger partial charge in [-0.15, -0.1) is 0 Å². The Labute approximate surface area is 185 Å². The van der Waals surface area contributed by atoms with Gasteiger partial charge in [0.2, 0.25) is 0 Å². The van der Waals surface area contributed by atoms with Crippen molar-refractivity contribution < 1.29 is 9.47 Å². The summed E-state index contributed by atoms with van der Waals surface area (Å²) in [4.78, 5) is 5.07. The Bertz CT molecular complexity index is 948. The maximum Gasteiger partial charge on any atom is 0.119 e. The average Bonchev–Trinajstić information content (AvgIpc) is 3.31. The van der Waals surface area contributed by atoms with E-state index < -0.39 is 0 Å². The van der Waals surface area contributed by atoms with Crippen molar-refractivity contribution in [3.05, 3.63) is 64.7 Å². The molecule has 2 aromatic rings. The zero-order chi connectivity index (χ0) is 21.0. The smallest absolute Gasteiger partial charge is 0.119 e. The van der Waals surface area contributed by atoms with Crippen molar-refractivity contribution in [3.63, 3.8) is 0 Å². The highest BCUT2D eigenvalue weighted by Gasteiger charge is 2.36. The second-order valence-electron chi connectivity index (χ2n) is 8.89. The summed E-state index contributed by atoms with van der Waals surface area (Å²) in [5.74, 6) is 1.30. The molecule has 162 valence electrons. The first-order valence-electron chi connectivity index (χ1n) is 11.6. The van der Waals surface area contributed by atoms with E-state index in [1.54, 1.807) is 0 Å². The SMILES string of the molecule is N#Cc1cccc(C2CN3CCCC3c3cc(OCCCN4CCOCC4)ccc32)c1. The fourth-order valence-corrected chi connectivity index (χ4v) is 5.39. The first kappa shape index (κ1) is 20.5. The lowest BCUT2D eigenvalue weighted by Crippen LogP contribution is -2.37. The van der Waals surface area contributed by atoms with Gasteiger partial charge in [-0.1, -0.05) is 18.2 Å². The first-order chi connectivity index (χ1) is 15.3. The van der Waals surface area contributed by atoms with Crippen LogP contribution < -0.4 is 4.74 Å². The van der Waals surface area contributed by atoms with Crippen LogP contribution in [-0.2, 0) is 4.74 Å². The number of fused-ring (bicyclic) bond motifs is 3. The Morgan fingerprint density at radius 1 is 1.06 bits per heavy atom. The van der Waals surface area contributed by atoms with Gasteiger partial charge in [-0.2, -0.15) is 5.26 Å². The molecule has 3 aliphatic rings. The third-order valence-electron chi connectivity index (χ3n) is 6.98. The van der Waals surface area contributed by atoms with E-state index in [1.165, 1.54) is 29.5 Å². The lowest BCUT2D eigenvalue weighted by molar-refractivity contribution is 0.0358. The molecule has 5 rings (SSSR count). The summed E-state index contributed by atoms with van der Waals surface area (Å²) in [5, 5.41) is 9.34. The summed E-state index contributed by atoms with van der Waals surface area (Å²) in [6.45, 7) is 7.77. The Balaban J connectivity index is 1.31. The minimum absolute atomic E-state index is 0.313. The molecule has 2 fully saturated rings. The van der Waals surface area contributed by atoms with Crippen LogP contribution in [0.25, 0.3) is 0 Å². The number of morpholine rings is 1. The van der Waals surface area contributed by atoms with E-state index in [9.17, 15) is 5.26 Å². The molecule has 2 atom stereocenters. The van der Waals surface area contributed by atoms with Crippen molar-refractivity contribution in [1.82, 2.24) is 9.80 Å². The molecule has 2 unspecified atom stereocenters. The largest absolute Gasteiger partial charge is 0.494 e. The van der Waals surface area contributed by atoms with Gasteiger partial charge in [-0.05, 0) is 66.8 Å². The third-order valence-corrected chi connectivity index (χ3v) is 6.98. The summed E-state index contributed by atoms with van der Waals surface area (Å²) < 4.78 is 11.6. The van der Waals surface area contributed by atoms with Gasteiger partial charge >= 0.3 is 0 Å². The predicted octanol–water partition coefficient (Wildman–Crippen LogP) is 3.94. The molecule has 0 bridgehead atoms. The number of hydrogen-bond acceptors (Lipinski definition) is 5. The van der Waals surface area contributed by atoms with Crippen molar-refractivity contribution in [2.45, 2.75) is 31.2 Å². The Morgan fingerprint density at radius 3 is 2.84 bits per heavy atom. The molecule has 0 N–H and O–H groups in total. The molecule has 31 heavy (non-hydrogen) atoms. The molecule has 0 aliphatic carbocycles. The molecule has 5 nitrogen and oxygen atoms in total. The van der Waals surface area contributed by atoms with Gasteiger partial charge < -0.3 is 9.47 Å². The van der Waals surface area contributed by atoms with Crippen LogP contribution in [0.5, 0.6) is 5.75 Å². The number of nitrogens with zero attached hydrogens (tertiary/aromatic N) is 3. The van der Waals surface area contributed by atoms with E-state index in [1.807, 2.05) is 12.1 Å². The van der Waals surface area contributed by atoms with Gasteiger partial charge in [0, 0.05) is 38.1 Å². The minimum atomic E-state index is 0.313. The highest BCUT2D eigenvalue weighted by atomic mass is 16.5. The monoisotopic (exact) mass is 417 g/mol. The van der Waals surface area contributed by atoms with Gasteiger partial charge in [-0.25, -0.2) is 0 Å². The van der Waals surface area contributed by atoms with Crippen molar-refractivity contribution in [3.8, 4) is 11.8 Å². The summed E-state index contributed by atoms with van der Waals surface area (Å²) in [7, 11) is 0. The summed E-state index contributed by atoms with van der Waals surface area (Å²) in [6.07, 6.45) is 3.51. The van der Waals surface area contributed by atoms with Gasteiger partial charge in [0.05, 0.1) is 31.5 Å². The topological polar surface area (TPSA) is 48.7 Å². The van der Waals surface area contributed by atoms with E-state index in [-0.39, 0.29) is 0 Å². The lowest BCUT2D eigenvalue weighted by Gasteiger charge is -2.37. The van der Waals surface area contributed by atoms with E-state index >= 15 is 0 Å². The molecule has 2 saturated heterocycles. The molecule has 5 heteroatoms. The van der Waals surface area contributed by atoms with Gasteiger partial charge in [-0.3, -0.25) is 9.80 Å². The van der Waals surface area contributed by atoms with Crippen LogP contribution >= 0.6 is 0 Å². The molecule has 2 aromatic carbocycles. The normalized spacial score (nSPS) is 23.7. The van der Waals surface area contributed by atoms with E-state index in [2.05, 4.69) is 46.2 Å². The van der Waals surface area contributed by atoms with Crippen molar-refractivity contribution in [1.29, 1.82) is 5.26 Å². The zero-order valence-electron chi connectivity index (χ0n) is 18.1. The molecular formula is C26H31N3O2. The summed E-state index contributed by atoms with van der Waals surface area (Å²) >= 11 is 0. The molecule has 0 saturated carbocycles. The number of ether oxygens (including phenoxy) is 2. The number of nitriles is 1. The van der Waals surface area contributed by atoms with Gasteiger partial charge in [0.15, 0.2) is 0 Å². The van der Waals surface area contributed by atoms with E-state index in [4.69, 9.17) is 9.47 Å². The molecule has 3 aliphatic heterocycles. The number of hydrogen-bond donors (Lipinski definition) is 0. The number of rotatable bonds is 6. The van der Waals surface area contributed by atoms with Gasteiger partial charge in [0.1, 0.15) is 5.75 Å². The quantitative estimate of drug-likeness (QED) is 0.667. The fourth-order valence-electron chi connectivity index (χ4n) is 5.39. The van der Waals surface area contributed by atoms with E-state index in [0.29, 0.717) is 12.0 Å². The molecular weight excluding hydrogens is 386 g/mol. The van der Waals surface area contributed by atoms with Crippen LogP contribution in [-0.4, -0.2) is 62.3 Å². The Morgan fingerprint density at radius 2 is 1.97 bits per heavy atom. The van der Waals surface area contributed by atoms with Crippen LogP contribution in [0.4, 0.5) is 0 Å². The fraction of sp³-hybridized carbons (Fsp3) is 0.500. The van der Waals surface area contributed by atoms with Crippen LogP contribution in [0.1, 0.15) is 53.5 Å². The molecule has 3 heterocycles. The predicted molar refractivity (Wildman–Crippen MR) is 120 cm³/mol. The van der Waals surface area contributed by atoms with Crippen LogP contribution in [0.15, 0.2) is 42.5 Å². The van der Waals surface area contributed by atoms with Crippen LogP contribution in [0.3, 0.4) is 0 Å². The summed E-state index contributed by atoms with van der Waals surface area (Å²) in [6, 6.07) is 17.6. The highest BCUT2D eigenvalue weighted by Crippen LogP contribution is 2.45. The summed E-state index contributed by atoms with van der Waals surface area (Å²) in [5.41, 5.74) is 4.80. The molecule has 0 radical (unpaired) electrons. The van der Waals surface area contributed by atoms with E-state index in [0.717, 1.165) is 70.3 Å². The standard InChI is InChI=1S/C26H31N3O2/c27-18-20-4-1-5-21(16-20)25-19-29-10-2-6-26(29)24-17-22(7-8-23(24)25)31-13-3-9-28-11-14-30-15-12-28/h1,4-5,7-8,16-17,25-26H,2-3,6,9-15,19H2. The number of benzene rings is 2. The van der Waals surface area contributed by atoms with Crippen molar-refractivity contribution in [2.24, 2.45) is 0 Å². The maximum atomic E-state index is 9.34. The van der Waals surface area contributed by atoms with Gasteiger partial charge in [0.25, 0.3) is 0 Å². The molecule has 0 aromatic heterocycles. The maximum absolute atomic E-state index is 9.34. The molecule has 0 amide bonds. The highest BCUT2D eigenvalue weighted by molar-refractivity contribution is 5.48. The Kier molecular flexibility index (Phi) is 6.22. The third kappa shape index (κ3) is 4.48. The molecule has 0 spiro atoms. The average molecular weight is 418 g/mol. The van der Waals surface area contributed by atoms with Crippen molar-refractivity contribution in [2.75, 3.05) is 52.5 Å². The first-order valence-corrected chi connectivity index (χ1v) is 11.6.